The van der Waals surface area contributed by atoms with Crippen LogP contribution in [0.5, 0.6) is 5.75 Å². The molecule has 5 heteroatoms. The summed E-state index contributed by atoms with van der Waals surface area (Å²) >= 11 is 0. The first-order chi connectivity index (χ1) is 12.2. The molecule has 0 N–H and O–H groups in total. The third kappa shape index (κ3) is 3.01. The van der Waals surface area contributed by atoms with Crippen LogP contribution in [0.1, 0.15) is 12.0 Å². The zero-order chi connectivity index (χ0) is 17.2. The smallest absolute Gasteiger partial charge is 0.264 e. The molecule has 25 heavy (non-hydrogen) atoms. The Morgan fingerprint density at radius 3 is 2.96 bits per heavy atom. The van der Waals surface area contributed by atoms with Gasteiger partial charge in [-0.25, -0.2) is 0 Å². The van der Waals surface area contributed by atoms with Gasteiger partial charge in [0, 0.05) is 23.7 Å². The molecule has 3 aromatic rings. The van der Waals surface area contributed by atoms with E-state index in [1.807, 2.05) is 36.4 Å². The molecule has 0 radical (unpaired) electrons. The van der Waals surface area contributed by atoms with Crippen molar-refractivity contribution >= 4 is 22.4 Å². The van der Waals surface area contributed by atoms with Crippen molar-refractivity contribution < 1.29 is 14.3 Å². The second-order valence-electron chi connectivity index (χ2n) is 6.13. The Labute approximate surface area is 145 Å². The van der Waals surface area contributed by atoms with Crippen molar-refractivity contribution in [1.82, 2.24) is 0 Å². The molecule has 0 saturated carbocycles. The quantitative estimate of drug-likeness (QED) is 0.547. The molecule has 0 atom stereocenters. The van der Waals surface area contributed by atoms with Gasteiger partial charge in [-0.05, 0) is 36.6 Å². The van der Waals surface area contributed by atoms with Crippen molar-refractivity contribution in [3.05, 3.63) is 71.7 Å². The van der Waals surface area contributed by atoms with Crippen LogP contribution in [0.3, 0.4) is 0 Å². The highest BCUT2D eigenvalue weighted by Gasteiger charge is 2.22. The second-order valence-corrected chi connectivity index (χ2v) is 6.13. The van der Waals surface area contributed by atoms with E-state index in [4.69, 9.17) is 4.74 Å². The SMILES string of the molecule is O=C(COc1cccc2c[n+]([O-])ccc12)N1CCCc2ccccc21. The standard InChI is InChI=1S/C20H18N2O3/c23-20(22-11-4-7-15-5-1-2-8-18(15)22)14-25-19-9-3-6-16-13-21(24)12-10-17(16)19/h1-3,5-6,8-10,12-13H,4,7,11,14H2. The number of aryl methyl sites for hydroxylation is 1. The molecule has 0 aliphatic carbocycles. The van der Waals surface area contributed by atoms with E-state index in [9.17, 15) is 10.0 Å². The maximum atomic E-state index is 12.7. The molecule has 5 nitrogen and oxygen atoms in total. The van der Waals surface area contributed by atoms with Gasteiger partial charge in [0.05, 0.1) is 5.39 Å². The van der Waals surface area contributed by atoms with Crippen LogP contribution in [0.2, 0.25) is 0 Å². The van der Waals surface area contributed by atoms with E-state index >= 15 is 0 Å². The molecule has 0 bridgehead atoms. The number of pyridine rings is 1. The van der Waals surface area contributed by atoms with Gasteiger partial charge < -0.3 is 14.8 Å². The van der Waals surface area contributed by atoms with Crippen LogP contribution in [0.25, 0.3) is 10.8 Å². The Morgan fingerprint density at radius 2 is 2.04 bits per heavy atom. The van der Waals surface area contributed by atoms with Crippen LogP contribution in [-0.4, -0.2) is 19.1 Å². The topological polar surface area (TPSA) is 56.5 Å². The van der Waals surface area contributed by atoms with E-state index < -0.39 is 0 Å². The van der Waals surface area contributed by atoms with Crippen LogP contribution in [0.4, 0.5) is 5.69 Å². The molecule has 2 aromatic carbocycles. The lowest BCUT2D eigenvalue weighted by Gasteiger charge is -2.29. The molecule has 2 heterocycles. The Hall–Kier alpha value is -3.08. The fraction of sp³-hybridized carbons (Fsp3) is 0.200. The van der Waals surface area contributed by atoms with Gasteiger partial charge in [0.25, 0.3) is 5.91 Å². The average Bonchev–Trinajstić information content (AvgIpc) is 2.65. The first kappa shape index (κ1) is 15.4. The van der Waals surface area contributed by atoms with Gasteiger partial charge in [-0.3, -0.25) is 4.79 Å². The van der Waals surface area contributed by atoms with Gasteiger partial charge in [0.2, 0.25) is 0 Å². The third-order valence-electron chi connectivity index (χ3n) is 4.52. The summed E-state index contributed by atoms with van der Waals surface area (Å²) in [4.78, 5) is 14.5. The van der Waals surface area contributed by atoms with Crippen LogP contribution in [-0.2, 0) is 11.2 Å². The number of para-hydroxylation sites is 1. The molecule has 0 spiro atoms. The fourth-order valence-electron chi connectivity index (χ4n) is 3.32. The zero-order valence-corrected chi connectivity index (χ0v) is 13.7. The van der Waals surface area contributed by atoms with Crippen LogP contribution in [0, 0.1) is 5.21 Å². The first-order valence-corrected chi connectivity index (χ1v) is 8.35. The van der Waals surface area contributed by atoms with E-state index in [2.05, 4.69) is 6.07 Å². The monoisotopic (exact) mass is 334 g/mol. The number of aromatic nitrogens is 1. The highest BCUT2D eigenvalue weighted by atomic mass is 16.5. The number of hydrogen-bond acceptors (Lipinski definition) is 3. The molecular formula is C20H18N2O3. The predicted octanol–water partition coefficient (Wildman–Crippen LogP) is 2.83. The number of carbonyl (C=O) groups excluding carboxylic acids is 1. The van der Waals surface area contributed by atoms with Crippen LogP contribution < -0.4 is 14.4 Å². The molecule has 0 unspecified atom stereocenters. The molecule has 0 saturated heterocycles. The van der Waals surface area contributed by atoms with E-state index in [0.717, 1.165) is 34.0 Å². The van der Waals surface area contributed by atoms with Crippen molar-refractivity contribution in [3.63, 3.8) is 0 Å². The Bertz CT molecular complexity index is 939. The van der Waals surface area contributed by atoms with Crippen LogP contribution in [0.15, 0.2) is 60.9 Å². The average molecular weight is 334 g/mol. The molecule has 1 aliphatic heterocycles. The number of benzene rings is 2. The molecule has 4 rings (SSSR count). The summed E-state index contributed by atoms with van der Waals surface area (Å²) < 4.78 is 6.54. The van der Waals surface area contributed by atoms with E-state index in [-0.39, 0.29) is 12.5 Å². The normalized spacial score (nSPS) is 13.5. The van der Waals surface area contributed by atoms with Gasteiger partial charge in [-0.15, -0.1) is 0 Å². The fourth-order valence-corrected chi connectivity index (χ4v) is 3.32. The Morgan fingerprint density at radius 1 is 1.16 bits per heavy atom. The van der Waals surface area contributed by atoms with Gasteiger partial charge in [-0.1, -0.05) is 24.3 Å². The Kier molecular flexibility index (Phi) is 3.98. The van der Waals surface area contributed by atoms with Gasteiger partial charge >= 0.3 is 0 Å². The molecular weight excluding hydrogens is 316 g/mol. The molecule has 0 fully saturated rings. The highest BCUT2D eigenvalue weighted by molar-refractivity contribution is 5.96. The van der Waals surface area contributed by atoms with Gasteiger partial charge in [0.1, 0.15) is 5.75 Å². The van der Waals surface area contributed by atoms with Crippen molar-refractivity contribution in [3.8, 4) is 5.75 Å². The van der Waals surface area contributed by atoms with Crippen molar-refractivity contribution in [2.75, 3.05) is 18.1 Å². The lowest BCUT2D eigenvalue weighted by Crippen LogP contribution is -2.38. The number of rotatable bonds is 3. The summed E-state index contributed by atoms with van der Waals surface area (Å²) in [7, 11) is 0. The summed E-state index contributed by atoms with van der Waals surface area (Å²) in [5, 5.41) is 13.0. The number of amides is 1. The number of nitrogens with zero attached hydrogens (tertiary/aromatic N) is 2. The first-order valence-electron chi connectivity index (χ1n) is 8.35. The highest BCUT2D eigenvalue weighted by Crippen LogP contribution is 2.28. The predicted molar refractivity (Wildman–Crippen MR) is 95.5 cm³/mol. The maximum Gasteiger partial charge on any atom is 0.264 e. The number of hydrogen-bond donors (Lipinski definition) is 0. The summed E-state index contributed by atoms with van der Waals surface area (Å²) in [6, 6.07) is 15.2. The molecule has 1 amide bonds. The number of ether oxygens (including phenoxy) is 1. The van der Waals surface area contributed by atoms with E-state index in [1.54, 1.807) is 11.0 Å². The number of anilines is 1. The van der Waals surface area contributed by atoms with Gasteiger partial charge in [0.15, 0.2) is 19.0 Å². The minimum Gasteiger partial charge on any atom is -0.619 e. The summed E-state index contributed by atoms with van der Waals surface area (Å²) in [5.41, 5.74) is 2.18. The largest absolute Gasteiger partial charge is 0.619 e. The van der Waals surface area contributed by atoms with E-state index in [0.29, 0.717) is 12.3 Å². The summed E-state index contributed by atoms with van der Waals surface area (Å²) in [6.07, 6.45) is 4.88. The molecule has 126 valence electrons. The van der Waals surface area contributed by atoms with Gasteiger partial charge in [-0.2, -0.15) is 4.73 Å². The minimum absolute atomic E-state index is 0.0281. The summed E-state index contributed by atoms with van der Waals surface area (Å²) in [6.45, 7) is 0.685. The van der Waals surface area contributed by atoms with E-state index in [1.165, 1.54) is 18.0 Å². The minimum atomic E-state index is -0.0565. The van der Waals surface area contributed by atoms with Crippen molar-refractivity contribution in [1.29, 1.82) is 0 Å². The molecule has 1 aliphatic rings. The Balaban J connectivity index is 1.54. The molecule has 1 aromatic heterocycles. The number of fused-ring (bicyclic) bond motifs is 2. The third-order valence-corrected chi connectivity index (χ3v) is 4.52. The van der Waals surface area contributed by atoms with Crippen LogP contribution >= 0.6 is 0 Å². The summed E-state index contributed by atoms with van der Waals surface area (Å²) in [5.74, 6) is 0.552. The van der Waals surface area contributed by atoms with Crippen molar-refractivity contribution in [2.24, 2.45) is 0 Å². The zero-order valence-electron chi connectivity index (χ0n) is 13.7. The lowest BCUT2D eigenvalue weighted by atomic mass is 10.0. The lowest BCUT2D eigenvalue weighted by molar-refractivity contribution is -0.603. The van der Waals surface area contributed by atoms with Crippen molar-refractivity contribution in [2.45, 2.75) is 12.8 Å². The second kappa shape index (κ2) is 6.43. The maximum absolute atomic E-state index is 12.7. The number of carbonyl (C=O) groups is 1.